The number of rotatable bonds is 5. The normalized spacial score (nSPS) is 38.5. The maximum atomic E-state index is 11.4. The van der Waals surface area contributed by atoms with Gasteiger partial charge in [0.05, 0.1) is 0 Å². The molecule has 172 valence electrons. The van der Waals surface area contributed by atoms with E-state index in [0.717, 1.165) is 5.56 Å². The first-order valence-corrected chi connectivity index (χ1v) is 10.3. The highest BCUT2D eigenvalue weighted by molar-refractivity contribution is 5.71. The molecule has 8 nitrogen and oxygen atoms in total. The van der Waals surface area contributed by atoms with Gasteiger partial charge < -0.3 is 35.0 Å². The highest BCUT2D eigenvalue weighted by Gasteiger charge is 2.87. The van der Waals surface area contributed by atoms with Crippen LogP contribution < -0.4 is 4.74 Å². The van der Waals surface area contributed by atoms with Crippen molar-refractivity contribution in [2.75, 3.05) is 6.61 Å². The quantitative estimate of drug-likeness (QED) is 0.445. The summed E-state index contributed by atoms with van der Waals surface area (Å²) in [5, 5.41) is 51.8. The molecule has 5 rings (SSSR count). The van der Waals surface area contributed by atoms with Gasteiger partial charge in [-0.05, 0) is 56.2 Å². The molecule has 2 aromatic carbocycles. The lowest BCUT2D eigenvalue weighted by Crippen LogP contribution is -2.96. The molecule has 8 heteroatoms. The van der Waals surface area contributed by atoms with Crippen LogP contribution in [-0.2, 0) is 9.47 Å². The van der Waals surface area contributed by atoms with Gasteiger partial charge in [-0.3, -0.25) is 4.74 Å². The molecule has 3 aliphatic heterocycles. The SMILES string of the molecule is CC1(Oc2cc(O)cc(/C=C\c3ccc(O)cc3)c2)OC2(CO)OC(C)(C1(C)O)C2(C)O. The van der Waals surface area contributed by atoms with E-state index in [0.29, 0.717) is 5.56 Å². The summed E-state index contributed by atoms with van der Waals surface area (Å²) in [6.07, 6.45) is 3.55. The summed E-state index contributed by atoms with van der Waals surface area (Å²) in [5.74, 6) is -3.19. The van der Waals surface area contributed by atoms with Crippen LogP contribution in [0.3, 0.4) is 0 Å². The Kier molecular flexibility index (Phi) is 4.89. The molecule has 0 radical (unpaired) electrons. The molecule has 5 N–H and O–H groups in total. The minimum atomic E-state index is -1.84. The van der Waals surface area contributed by atoms with Gasteiger partial charge in [0.15, 0.2) is 5.60 Å². The Morgan fingerprint density at radius 2 is 1.44 bits per heavy atom. The number of aliphatic hydroxyl groups is 3. The summed E-state index contributed by atoms with van der Waals surface area (Å²) >= 11 is 0. The molecule has 5 unspecified atom stereocenters. The number of ether oxygens (including phenoxy) is 3. The van der Waals surface area contributed by atoms with Crippen molar-refractivity contribution < 1.29 is 39.7 Å². The average Bonchev–Trinajstić information content (AvgIpc) is 2.71. The van der Waals surface area contributed by atoms with Crippen LogP contribution in [0.1, 0.15) is 38.8 Å². The Hall–Kier alpha value is -2.62. The molecule has 2 aromatic rings. The van der Waals surface area contributed by atoms with Gasteiger partial charge in [-0.15, -0.1) is 0 Å². The van der Waals surface area contributed by atoms with Crippen LogP contribution in [0.2, 0.25) is 0 Å². The molecular formula is C24H28O8. The number of phenols is 2. The van der Waals surface area contributed by atoms with E-state index in [1.54, 1.807) is 42.5 Å². The largest absolute Gasteiger partial charge is 0.508 e. The molecule has 0 spiro atoms. The van der Waals surface area contributed by atoms with E-state index < -0.39 is 35.0 Å². The summed E-state index contributed by atoms with van der Waals surface area (Å²) in [6.45, 7) is 5.23. The van der Waals surface area contributed by atoms with E-state index in [4.69, 9.17) is 14.2 Å². The lowest BCUT2D eigenvalue weighted by atomic mass is 9.59. The van der Waals surface area contributed by atoms with E-state index in [-0.39, 0.29) is 17.2 Å². The number of fused-ring (bicyclic) bond motifs is 2. The molecule has 3 saturated heterocycles. The molecule has 5 atom stereocenters. The van der Waals surface area contributed by atoms with E-state index in [2.05, 4.69) is 0 Å². The first kappa shape index (κ1) is 22.6. The minimum absolute atomic E-state index is 0.0663. The predicted octanol–water partition coefficient (Wildman–Crippen LogP) is 2.37. The fourth-order valence-electron chi connectivity index (χ4n) is 4.49. The first-order chi connectivity index (χ1) is 14.8. The monoisotopic (exact) mass is 444 g/mol. The molecule has 32 heavy (non-hydrogen) atoms. The van der Waals surface area contributed by atoms with Crippen molar-refractivity contribution in [2.45, 2.75) is 56.1 Å². The Bertz CT molecular complexity index is 1060. The third-order valence-electron chi connectivity index (χ3n) is 7.01. The van der Waals surface area contributed by atoms with Gasteiger partial charge in [-0.25, -0.2) is 0 Å². The second-order valence-electron chi connectivity index (χ2n) is 9.03. The van der Waals surface area contributed by atoms with Crippen molar-refractivity contribution in [3.8, 4) is 17.2 Å². The van der Waals surface area contributed by atoms with Gasteiger partial charge >= 0.3 is 0 Å². The molecule has 3 fully saturated rings. The van der Waals surface area contributed by atoms with Gasteiger partial charge in [0.1, 0.15) is 35.1 Å². The van der Waals surface area contributed by atoms with Crippen LogP contribution >= 0.6 is 0 Å². The Morgan fingerprint density at radius 3 is 2.03 bits per heavy atom. The second-order valence-corrected chi connectivity index (χ2v) is 9.03. The second kappa shape index (κ2) is 6.94. The third-order valence-corrected chi connectivity index (χ3v) is 7.01. The topological polar surface area (TPSA) is 129 Å². The van der Waals surface area contributed by atoms with E-state index >= 15 is 0 Å². The Labute approximate surface area is 185 Å². The van der Waals surface area contributed by atoms with Gasteiger partial charge in [0.25, 0.3) is 0 Å². The van der Waals surface area contributed by atoms with Gasteiger partial charge in [0, 0.05) is 13.0 Å². The lowest BCUT2D eigenvalue weighted by Gasteiger charge is -2.75. The summed E-state index contributed by atoms with van der Waals surface area (Å²) in [7, 11) is 0. The molecule has 0 amide bonds. The zero-order valence-corrected chi connectivity index (χ0v) is 18.4. The van der Waals surface area contributed by atoms with Crippen molar-refractivity contribution >= 4 is 12.2 Å². The van der Waals surface area contributed by atoms with Crippen molar-refractivity contribution in [3.63, 3.8) is 0 Å². The molecule has 0 aliphatic carbocycles. The molecule has 2 bridgehead atoms. The van der Waals surface area contributed by atoms with Crippen molar-refractivity contribution in [2.24, 2.45) is 0 Å². The number of hydrogen-bond donors (Lipinski definition) is 5. The number of benzene rings is 2. The summed E-state index contributed by atoms with van der Waals surface area (Å²) in [4.78, 5) is 0. The number of hydrogen-bond acceptors (Lipinski definition) is 8. The summed E-state index contributed by atoms with van der Waals surface area (Å²) in [6, 6.07) is 11.2. The van der Waals surface area contributed by atoms with Crippen LogP contribution in [0.4, 0.5) is 0 Å². The molecular weight excluding hydrogens is 416 g/mol. The number of phenolic OH excluding ortho intramolecular Hbond substituents is 2. The Morgan fingerprint density at radius 1 is 0.812 bits per heavy atom. The zero-order valence-electron chi connectivity index (χ0n) is 18.4. The smallest absolute Gasteiger partial charge is 0.242 e. The summed E-state index contributed by atoms with van der Waals surface area (Å²) < 4.78 is 17.6. The van der Waals surface area contributed by atoms with Crippen LogP contribution in [0.15, 0.2) is 42.5 Å². The molecule has 0 aromatic heterocycles. The molecule has 0 saturated carbocycles. The number of aromatic hydroxyl groups is 2. The van der Waals surface area contributed by atoms with E-state index in [9.17, 15) is 25.5 Å². The maximum Gasteiger partial charge on any atom is 0.242 e. The lowest BCUT2D eigenvalue weighted by molar-refractivity contribution is -0.597. The Balaban J connectivity index is 1.64. The van der Waals surface area contributed by atoms with Crippen LogP contribution in [0, 0.1) is 0 Å². The van der Waals surface area contributed by atoms with Crippen molar-refractivity contribution in [1.29, 1.82) is 0 Å². The highest BCUT2D eigenvalue weighted by atomic mass is 16.9. The third kappa shape index (κ3) is 2.95. The fourth-order valence-corrected chi connectivity index (χ4v) is 4.49. The van der Waals surface area contributed by atoms with Gasteiger partial charge in [-0.2, -0.15) is 0 Å². The highest BCUT2D eigenvalue weighted by Crippen LogP contribution is 2.64. The molecule has 3 heterocycles. The van der Waals surface area contributed by atoms with Crippen LogP contribution in [0.5, 0.6) is 17.2 Å². The van der Waals surface area contributed by atoms with Crippen molar-refractivity contribution in [1.82, 2.24) is 0 Å². The zero-order chi connectivity index (χ0) is 23.6. The number of aliphatic hydroxyl groups excluding tert-OH is 1. The fraction of sp³-hybridized carbons (Fsp3) is 0.417. The van der Waals surface area contributed by atoms with Crippen molar-refractivity contribution in [3.05, 3.63) is 53.6 Å². The maximum absolute atomic E-state index is 11.4. The predicted molar refractivity (Wildman–Crippen MR) is 116 cm³/mol. The van der Waals surface area contributed by atoms with Crippen LogP contribution in [-0.4, -0.2) is 60.5 Å². The van der Waals surface area contributed by atoms with Gasteiger partial charge in [0.2, 0.25) is 11.6 Å². The summed E-state index contributed by atoms with van der Waals surface area (Å²) in [5.41, 5.74) is -3.56. The standard InChI is InChI=1S/C24H28O8/c1-20(28)22(3)21(2,29)24(14-25,31-22)32-23(20,4)30-19-12-16(11-18(27)13-19)6-5-15-7-9-17(26)10-8-15/h5-13,25-29H,14H2,1-4H3/b6-5-. The van der Waals surface area contributed by atoms with Gasteiger partial charge in [-0.1, -0.05) is 24.3 Å². The average molecular weight is 444 g/mol. The first-order valence-electron chi connectivity index (χ1n) is 10.3. The van der Waals surface area contributed by atoms with E-state index in [1.165, 1.54) is 39.8 Å². The van der Waals surface area contributed by atoms with E-state index in [1.807, 2.05) is 0 Å². The minimum Gasteiger partial charge on any atom is -0.508 e. The van der Waals surface area contributed by atoms with Crippen LogP contribution in [0.25, 0.3) is 12.2 Å². The molecule has 3 aliphatic rings.